The molecule has 2 aromatic rings. The number of benzene rings is 1. The molecule has 0 unspecified atom stereocenters. The first-order valence-electron chi connectivity index (χ1n) is 5.39. The average molecular weight is 326 g/mol. The summed E-state index contributed by atoms with van der Waals surface area (Å²) in [6.45, 7) is 5.33. The zero-order valence-electron chi connectivity index (χ0n) is 10.3. The number of rotatable bonds is 3. The third-order valence-corrected chi connectivity index (χ3v) is 3.95. The van der Waals surface area contributed by atoms with Crippen molar-refractivity contribution in [2.45, 2.75) is 30.9 Å². The Morgan fingerprint density at radius 1 is 1.39 bits per heavy atom. The number of halogens is 1. The van der Waals surface area contributed by atoms with Crippen LogP contribution in [0.4, 0.5) is 0 Å². The summed E-state index contributed by atoms with van der Waals surface area (Å²) in [4.78, 5) is 16.8. The van der Waals surface area contributed by atoms with Gasteiger partial charge in [0.2, 0.25) is 0 Å². The second-order valence-corrected chi connectivity index (χ2v) is 5.83. The number of hydrogen-bond acceptors (Lipinski definition) is 4. The molecule has 0 spiro atoms. The fourth-order valence-electron chi connectivity index (χ4n) is 1.45. The van der Waals surface area contributed by atoms with E-state index in [1.165, 1.54) is 11.8 Å². The van der Waals surface area contributed by atoms with E-state index >= 15 is 0 Å². The van der Waals surface area contributed by atoms with Gasteiger partial charge in [0.05, 0.1) is 5.69 Å². The van der Waals surface area contributed by atoms with Crippen LogP contribution in [0, 0.1) is 13.8 Å². The molecular formula is C13H12BrNO2S. The Kier molecular flexibility index (Phi) is 3.92. The molecule has 1 aromatic carbocycles. The highest BCUT2D eigenvalue weighted by molar-refractivity contribution is 9.10. The second kappa shape index (κ2) is 5.28. The average Bonchev–Trinajstić information content (AvgIpc) is 2.60. The molecule has 1 heterocycles. The van der Waals surface area contributed by atoms with Crippen LogP contribution in [-0.2, 0) is 0 Å². The SMILES string of the molecule is CC(=O)c1cc(Br)ccc1Sc1nc(C)c(C)o1. The minimum atomic E-state index is 0.0267. The maximum Gasteiger partial charge on any atom is 0.261 e. The summed E-state index contributed by atoms with van der Waals surface area (Å²) < 4.78 is 6.40. The van der Waals surface area contributed by atoms with E-state index in [2.05, 4.69) is 20.9 Å². The van der Waals surface area contributed by atoms with E-state index in [0.29, 0.717) is 10.8 Å². The standard InChI is InChI=1S/C13H12BrNO2S/c1-7-9(3)17-13(15-7)18-12-5-4-10(14)6-11(12)8(2)16/h4-6H,1-3H3. The summed E-state index contributed by atoms with van der Waals surface area (Å²) in [5, 5.41) is 0.565. The highest BCUT2D eigenvalue weighted by Crippen LogP contribution is 2.32. The molecule has 0 radical (unpaired) electrons. The summed E-state index contributed by atoms with van der Waals surface area (Å²) in [5.41, 5.74) is 1.54. The molecule has 0 fully saturated rings. The lowest BCUT2D eigenvalue weighted by atomic mass is 10.1. The van der Waals surface area contributed by atoms with Crippen LogP contribution in [0.2, 0.25) is 0 Å². The highest BCUT2D eigenvalue weighted by Gasteiger charge is 2.13. The Bertz CT molecular complexity index is 588. The zero-order valence-corrected chi connectivity index (χ0v) is 12.7. The van der Waals surface area contributed by atoms with Crippen molar-refractivity contribution in [2.24, 2.45) is 0 Å². The lowest BCUT2D eigenvalue weighted by Gasteiger charge is -2.04. The van der Waals surface area contributed by atoms with Gasteiger partial charge in [0.1, 0.15) is 5.76 Å². The molecule has 0 aliphatic rings. The Labute approximate surface area is 118 Å². The normalized spacial score (nSPS) is 10.7. The van der Waals surface area contributed by atoms with Crippen LogP contribution in [0.5, 0.6) is 0 Å². The van der Waals surface area contributed by atoms with E-state index in [9.17, 15) is 4.79 Å². The van der Waals surface area contributed by atoms with E-state index in [-0.39, 0.29) is 5.78 Å². The smallest absolute Gasteiger partial charge is 0.261 e. The van der Waals surface area contributed by atoms with Gasteiger partial charge in [-0.25, -0.2) is 4.98 Å². The first-order valence-corrected chi connectivity index (χ1v) is 7.00. The van der Waals surface area contributed by atoms with E-state index in [4.69, 9.17) is 4.42 Å². The van der Waals surface area contributed by atoms with Crippen LogP contribution in [-0.4, -0.2) is 10.8 Å². The van der Waals surface area contributed by atoms with Crippen LogP contribution < -0.4 is 0 Å². The molecule has 0 N–H and O–H groups in total. The van der Waals surface area contributed by atoms with Crippen LogP contribution in [0.1, 0.15) is 28.7 Å². The van der Waals surface area contributed by atoms with Gasteiger partial charge in [-0.1, -0.05) is 15.9 Å². The first kappa shape index (κ1) is 13.4. The molecule has 3 nitrogen and oxygen atoms in total. The molecule has 2 rings (SSSR count). The third kappa shape index (κ3) is 2.84. The van der Waals surface area contributed by atoms with Crippen molar-refractivity contribution >= 4 is 33.5 Å². The molecule has 0 aliphatic heterocycles. The van der Waals surface area contributed by atoms with Crippen LogP contribution in [0.3, 0.4) is 0 Å². The fraction of sp³-hybridized carbons (Fsp3) is 0.231. The van der Waals surface area contributed by atoms with Gasteiger partial charge in [-0.2, -0.15) is 0 Å². The highest BCUT2D eigenvalue weighted by atomic mass is 79.9. The number of carbonyl (C=O) groups excluding carboxylic acids is 1. The van der Waals surface area contributed by atoms with E-state index < -0.39 is 0 Å². The Balaban J connectivity index is 2.36. The molecule has 1 aromatic heterocycles. The summed E-state index contributed by atoms with van der Waals surface area (Å²) in [6, 6.07) is 5.60. The van der Waals surface area contributed by atoms with Crippen molar-refractivity contribution in [1.82, 2.24) is 4.98 Å². The first-order chi connectivity index (χ1) is 8.47. The molecule has 0 bridgehead atoms. The number of aromatic nitrogens is 1. The summed E-state index contributed by atoms with van der Waals surface area (Å²) >= 11 is 4.73. The van der Waals surface area contributed by atoms with Gasteiger partial charge in [0.15, 0.2) is 5.78 Å². The van der Waals surface area contributed by atoms with Gasteiger partial charge in [0.25, 0.3) is 5.22 Å². The number of oxazole rings is 1. The number of hydrogen-bond donors (Lipinski definition) is 0. The number of ketones is 1. The summed E-state index contributed by atoms with van der Waals surface area (Å²) in [6.07, 6.45) is 0. The van der Waals surface area contributed by atoms with Gasteiger partial charge < -0.3 is 4.42 Å². The molecule has 0 amide bonds. The number of Topliss-reactive ketones (excluding diaryl/α,β-unsaturated/α-hetero) is 1. The Morgan fingerprint density at radius 2 is 2.11 bits per heavy atom. The molecule has 0 saturated heterocycles. The van der Waals surface area contributed by atoms with Crippen molar-refractivity contribution in [3.8, 4) is 0 Å². The lowest BCUT2D eigenvalue weighted by molar-refractivity contribution is 0.101. The predicted molar refractivity (Wildman–Crippen MR) is 74.2 cm³/mol. The molecule has 0 saturated carbocycles. The minimum absolute atomic E-state index is 0.0267. The van der Waals surface area contributed by atoms with Gasteiger partial charge in [-0.15, -0.1) is 0 Å². The predicted octanol–water partition coefficient (Wildman–Crippen LogP) is 4.41. The van der Waals surface area contributed by atoms with E-state index in [1.54, 1.807) is 6.92 Å². The monoisotopic (exact) mass is 325 g/mol. The number of nitrogens with zero attached hydrogens (tertiary/aromatic N) is 1. The zero-order chi connectivity index (χ0) is 13.3. The largest absolute Gasteiger partial charge is 0.436 e. The van der Waals surface area contributed by atoms with Crippen LogP contribution >= 0.6 is 27.7 Å². The van der Waals surface area contributed by atoms with E-state index in [0.717, 1.165) is 20.8 Å². The maximum absolute atomic E-state index is 11.6. The van der Waals surface area contributed by atoms with Crippen molar-refractivity contribution < 1.29 is 9.21 Å². The van der Waals surface area contributed by atoms with Gasteiger partial charge >= 0.3 is 0 Å². The van der Waals surface area contributed by atoms with Gasteiger partial charge in [0, 0.05) is 14.9 Å². The van der Waals surface area contributed by atoms with Crippen molar-refractivity contribution in [1.29, 1.82) is 0 Å². The minimum Gasteiger partial charge on any atom is -0.436 e. The molecule has 94 valence electrons. The van der Waals surface area contributed by atoms with Crippen LogP contribution in [0.15, 0.2) is 37.2 Å². The Morgan fingerprint density at radius 3 is 2.67 bits per heavy atom. The number of aryl methyl sites for hydroxylation is 2. The van der Waals surface area contributed by atoms with Gasteiger partial charge in [-0.05, 0) is 50.7 Å². The topological polar surface area (TPSA) is 43.1 Å². The Hall–Kier alpha value is -1.07. The molecule has 5 heteroatoms. The van der Waals surface area contributed by atoms with Crippen molar-refractivity contribution in [2.75, 3.05) is 0 Å². The fourth-order valence-corrected chi connectivity index (χ4v) is 2.79. The number of carbonyl (C=O) groups is 1. The molecule has 0 aliphatic carbocycles. The van der Waals surface area contributed by atoms with Crippen LogP contribution in [0.25, 0.3) is 0 Å². The van der Waals surface area contributed by atoms with Crippen molar-refractivity contribution in [3.05, 3.63) is 39.7 Å². The van der Waals surface area contributed by atoms with E-state index in [1.807, 2.05) is 32.0 Å². The molecule has 18 heavy (non-hydrogen) atoms. The summed E-state index contributed by atoms with van der Waals surface area (Å²) in [7, 11) is 0. The third-order valence-electron chi connectivity index (χ3n) is 2.53. The molecule has 0 atom stereocenters. The quantitative estimate of drug-likeness (QED) is 0.784. The lowest BCUT2D eigenvalue weighted by Crippen LogP contribution is -1.95. The second-order valence-electron chi connectivity index (χ2n) is 3.92. The molecular weight excluding hydrogens is 314 g/mol. The summed E-state index contributed by atoms with van der Waals surface area (Å²) in [5.74, 6) is 0.831. The maximum atomic E-state index is 11.6. The van der Waals surface area contributed by atoms with Gasteiger partial charge in [-0.3, -0.25) is 4.79 Å². The van der Waals surface area contributed by atoms with Crippen molar-refractivity contribution in [3.63, 3.8) is 0 Å².